The molecule has 6 aromatic carbocycles. The van der Waals surface area contributed by atoms with E-state index in [0.717, 1.165) is 44.5 Å². The van der Waals surface area contributed by atoms with E-state index in [0.29, 0.717) is 112 Å². The molecule has 0 radical (unpaired) electrons. The van der Waals surface area contributed by atoms with Crippen molar-refractivity contribution in [1.29, 1.82) is 0 Å². The van der Waals surface area contributed by atoms with E-state index in [9.17, 15) is 44.1 Å². The summed E-state index contributed by atoms with van der Waals surface area (Å²) in [5.41, 5.74) is 10.1. The number of hydrogen-bond donors (Lipinski definition) is 3. The Kier molecular flexibility index (Phi) is 28.0. The van der Waals surface area contributed by atoms with Gasteiger partial charge in [-0.2, -0.15) is 0 Å². The van der Waals surface area contributed by atoms with Crippen LogP contribution in [0.5, 0.6) is 34.5 Å². The van der Waals surface area contributed by atoms with E-state index in [-0.39, 0.29) is 93.3 Å². The van der Waals surface area contributed by atoms with Crippen LogP contribution >= 0.6 is 0 Å². The van der Waals surface area contributed by atoms with Crippen LogP contribution in [0.1, 0.15) is 266 Å². The molecular weight excluding hydrogens is 1360 g/mol. The van der Waals surface area contributed by atoms with Crippen LogP contribution in [0.3, 0.4) is 0 Å². The summed E-state index contributed by atoms with van der Waals surface area (Å²) in [6, 6.07) is 24.9. The second-order valence-corrected chi connectivity index (χ2v) is 34.9. The number of ether oxygens (including phenoxy) is 6. The number of fused-ring (bicyclic) bond motifs is 12. The summed E-state index contributed by atoms with van der Waals surface area (Å²) in [5, 5.41) is 31.9. The summed E-state index contributed by atoms with van der Waals surface area (Å²) in [6.07, 6.45) is 0.582. The van der Waals surface area contributed by atoms with Crippen LogP contribution in [0.4, 0.5) is 0 Å². The summed E-state index contributed by atoms with van der Waals surface area (Å²) >= 11 is 0. The molecule has 6 aromatic rings. The highest BCUT2D eigenvalue weighted by atomic mass is 16.5. The van der Waals surface area contributed by atoms with Crippen LogP contribution in [0, 0.1) is 0 Å². The van der Waals surface area contributed by atoms with E-state index in [1.165, 1.54) is 0 Å². The van der Waals surface area contributed by atoms with E-state index in [2.05, 4.69) is 161 Å². The Morgan fingerprint density at radius 1 is 0.250 bits per heavy atom. The predicted octanol–water partition coefficient (Wildman–Crippen LogP) is 16.5. The van der Waals surface area contributed by atoms with Crippen molar-refractivity contribution in [3.8, 4) is 34.5 Å². The van der Waals surface area contributed by atoms with Crippen molar-refractivity contribution >= 4 is 35.6 Å². The van der Waals surface area contributed by atoms with Gasteiger partial charge >= 0.3 is 17.9 Å². The number of benzene rings is 6. The van der Waals surface area contributed by atoms with Gasteiger partial charge in [-0.15, -0.1) is 0 Å². The number of nitrogens with zero attached hydrogens (tertiary/aromatic N) is 3. The highest BCUT2D eigenvalue weighted by molar-refractivity contribution is 5.79. The fourth-order valence-corrected chi connectivity index (χ4v) is 13.8. The van der Waals surface area contributed by atoms with Crippen LogP contribution in [0.2, 0.25) is 0 Å². The van der Waals surface area contributed by atoms with E-state index in [1.54, 1.807) is 14.7 Å². The van der Waals surface area contributed by atoms with Crippen LogP contribution in [-0.4, -0.2) is 145 Å². The molecule has 0 saturated carbocycles. The average molecular weight is 1490 g/mol. The zero-order chi connectivity index (χ0) is 80.5. The summed E-state index contributed by atoms with van der Waals surface area (Å²) < 4.78 is 41.4. The molecule has 0 aliphatic heterocycles. The summed E-state index contributed by atoms with van der Waals surface area (Å²) in [7, 11) is 0. The van der Waals surface area contributed by atoms with Gasteiger partial charge in [0, 0.05) is 77.8 Å². The van der Waals surface area contributed by atoms with Crippen LogP contribution in [0.25, 0.3) is 0 Å². The summed E-state index contributed by atoms with van der Waals surface area (Å²) in [6.45, 7) is 49.2. The third kappa shape index (κ3) is 22.1. The van der Waals surface area contributed by atoms with Gasteiger partial charge in [-0.1, -0.05) is 197 Å². The zero-order valence-corrected chi connectivity index (χ0v) is 69.2. The van der Waals surface area contributed by atoms with E-state index >= 15 is 0 Å². The Morgan fingerprint density at radius 3 is 0.472 bits per heavy atom. The summed E-state index contributed by atoms with van der Waals surface area (Å²) in [5.74, 6) is -2.23. The first-order valence-corrected chi connectivity index (χ1v) is 38.5. The molecule has 0 saturated heterocycles. The normalized spacial score (nSPS) is 13.0. The van der Waals surface area contributed by atoms with Gasteiger partial charge in [0.15, 0.2) is 39.6 Å². The fraction of sp³-hybridized carbons (Fsp3) is 0.533. The number of likely N-dealkylation sites (N-methyl/N-ethyl adjacent to an activating group) is 3. The minimum atomic E-state index is -1.23. The van der Waals surface area contributed by atoms with Gasteiger partial charge in [0.25, 0.3) is 17.7 Å². The Bertz CT molecular complexity index is 4030. The predicted molar refractivity (Wildman–Crippen MR) is 427 cm³/mol. The molecule has 0 unspecified atom stereocenters. The van der Waals surface area contributed by atoms with Gasteiger partial charge in [-0.3, -0.25) is 14.4 Å². The number of hydrogen-bond acceptors (Lipinski definition) is 12. The molecule has 18 heteroatoms. The van der Waals surface area contributed by atoms with Crippen molar-refractivity contribution in [1.82, 2.24) is 14.7 Å². The molecule has 1 aliphatic carbocycles. The molecule has 3 N–H and O–H groups in total. The number of carboxylic acid groups (broad SMARTS) is 3. The number of amides is 3. The van der Waals surface area contributed by atoms with E-state index in [4.69, 9.17) is 28.4 Å². The maximum Gasteiger partial charge on any atom is 0.341 e. The van der Waals surface area contributed by atoms with Crippen LogP contribution < -0.4 is 28.4 Å². The number of carbonyl (C=O) groups is 6. The second kappa shape index (κ2) is 35.1. The first kappa shape index (κ1) is 86.2. The summed E-state index contributed by atoms with van der Waals surface area (Å²) in [4.78, 5) is 87.8. The van der Waals surface area contributed by atoms with Crippen LogP contribution in [0.15, 0.2) is 72.8 Å². The van der Waals surface area contributed by atoms with Crippen molar-refractivity contribution in [2.75, 3.05) is 78.9 Å². The van der Waals surface area contributed by atoms with Crippen molar-refractivity contribution in [3.05, 3.63) is 173 Å². The minimum Gasteiger partial charge on any atom is -0.483 e. The molecule has 0 atom stereocenters. The molecule has 0 fully saturated rings. The maximum atomic E-state index is 14.6. The first-order chi connectivity index (χ1) is 50.2. The Morgan fingerprint density at radius 2 is 0.370 bits per heavy atom. The topological polar surface area (TPSA) is 228 Å². The lowest BCUT2D eigenvalue weighted by molar-refractivity contribution is -0.140. The quantitative estimate of drug-likeness (QED) is 0.0511. The zero-order valence-electron chi connectivity index (χ0n) is 69.2. The molecule has 0 spiro atoms. The minimum absolute atomic E-state index is 0.0421. The highest BCUT2D eigenvalue weighted by Gasteiger charge is 2.33. The molecule has 3 amide bonds. The largest absolute Gasteiger partial charge is 0.483 e. The lowest BCUT2D eigenvalue weighted by Gasteiger charge is -2.29. The smallest absolute Gasteiger partial charge is 0.341 e. The average Bonchev–Trinajstić information content (AvgIpc) is 0.766. The van der Waals surface area contributed by atoms with Crippen molar-refractivity contribution < 1.29 is 72.5 Å². The molecule has 12 bridgehead atoms. The van der Waals surface area contributed by atoms with Gasteiger partial charge in [0.1, 0.15) is 34.5 Å². The third-order valence-electron chi connectivity index (χ3n) is 20.3. The Hall–Kier alpha value is -9.06. The van der Waals surface area contributed by atoms with Gasteiger partial charge in [0.05, 0.1) is 0 Å². The number of aliphatic carboxylic acids is 3. The van der Waals surface area contributed by atoms with Gasteiger partial charge < -0.3 is 58.4 Å². The Labute approximate surface area is 643 Å². The molecule has 1 aliphatic rings. The fourth-order valence-electron chi connectivity index (χ4n) is 13.8. The maximum absolute atomic E-state index is 14.6. The highest BCUT2D eigenvalue weighted by Crippen LogP contribution is 2.47. The van der Waals surface area contributed by atoms with Crippen molar-refractivity contribution in [2.24, 2.45) is 0 Å². The van der Waals surface area contributed by atoms with Crippen molar-refractivity contribution in [2.45, 2.75) is 237 Å². The molecule has 18 nitrogen and oxygen atoms in total. The third-order valence-corrected chi connectivity index (χ3v) is 20.3. The van der Waals surface area contributed by atoms with Gasteiger partial charge in [-0.05, 0) is 174 Å². The van der Waals surface area contributed by atoms with Crippen molar-refractivity contribution in [3.63, 3.8) is 0 Å². The SMILES string of the molecule is CCN(CC)C(=O)COc1c2cc(C(C)(C)C)cc1Cc1cc(C(C)(C)C)cc(c1OCC(=O)N(CC)CC)Cc1cc(C(C)(C)C)cc(c1OCC(=O)N(CC)CC)Cc1cc(C(C)(C)C)cc(c1OCC(=O)O)Cc1cc(C(C)(C)C)cc(c1OCC(=O)O)Cc1cc(C(C)(C)C)cc(c1OCC(=O)O)C2. The van der Waals surface area contributed by atoms with E-state index < -0.39 is 70.2 Å². The first-order valence-electron chi connectivity index (χ1n) is 38.5. The number of carbonyl (C=O) groups excluding carboxylic acids is 3. The molecule has 108 heavy (non-hydrogen) atoms. The number of carboxylic acids is 3. The lowest BCUT2D eigenvalue weighted by Crippen LogP contribution is -2.35. The monoisotopic (exact) mass is 1490 g/mol. The number of rotatable bonds is 24. The second-order valence-electron chi connectivity index (χ2n) is 34.9. The molecular formula is C90H123N3O15. The standard InChI is InChI=1S/C90H123N3O15/c1-25-91(26-2)73(94)49-103-79-55-31-57-39-68(86(10,11)12)41-59(80(57)104-50-74(95)92(27-3)28-4)33-61-43-70(88(16,17)18)45-63(82(61)106-52-76(97)98)35-65-47-72(90(22,23)24)48-66(84(65)108-54-78(101)102)36-64-46-71(89(19,20)21)44-62(83(64)107-53-77(99)100)34-60-42-69(87(13,14)15)40-58(32-56(79)38-67(37-55)85(7,8)9)81(60)105-51-75(96)93(29-5)30-6/h37-48H,25-36,49-54H2,1-24H3,(H,97,98)(H,99,100)(H,101,102). The lowest BCUT2D eigenvalue weighted by atomic mass is 9.79. The van der Waals surface area contributed by atoms with Crippen LogP contribution in [-0.2, 0) is 99.8 Å². The molecule has 7 rings (SSSR count). The van der Waals surface area contributed by atoms with Gasteiger partial charge in [0.2, 0.25) is 0 Å². The van der Waals surface area contributed by atoms with E-state index in [1.807, 2.05) is 77.9 Å². The molecule has 588 valence electrons. The van der Waals surface area contributed by atoms with Gasteiger partial charge in [-0.25, -0.2) is 14.4 Å². The molecule has 0 heterocycles. The Balaban J connectivity index is 1.82. The molecule has 0 aromatic heterocycles.